The molecule has 1 spiro atoms. The molecular weight excluding hydrogens is 680 g/mol. The maximum absolute atomic E-state index is 17.2. The van der Waals surface area contributed by atoms with Crippen LogP contribution in [0.4, 0.5) is 14.6 Å². The third-order valence-corrected chi connectivity index (χ3v) is 12.9. The molecule has 5 aliphatic rings. The van der Waals surface area contributed by atoms with Gasteiger partial charge in [0.15, 0.2) is 5.82 Å². The van der Waals surface area contributed by atoms with Gasteiger partial charge in [-0.05, 0) is 93.3 Å². The third-order valence-electron chi connectivity index (χ3n) is 12.9. The minimum atomic E-state index is -0.818. The van der Waals surface area contributed by atoms with Crippen LogP contribution in [-0.4, -0.2) is 94.8 Å². The van der Waals surface area contributed by atoms with Crippen molar-refractivity contribution in [3.8, 4) is 41.2 Å². The molecule has 3 aliphatic heterocycles. The number of benzene rings is 2. The number of halogens is 2. The van der Waals surface area contributed by atoms with Crippen LogP contribution in [0.1, 0.15) is 69.8 Å². The first kappa shape index (κ1) is 34.5. The number of anilines is 1. The van der Waals surface area contributed by atoms with Crippen molar-refractivity contribution in [2.75, 3.05) is 51.5 Å². The Labute approximate surface area is 307 Å². The first-order valence-corrected chi connectivity index (χ1v) is 19.0. The van der Waals surface area contributed by atoms with Crippen molar-refractivity contribution in [2.45, 2.75) is 82.4 Å². The smallest absolute Gasteiger partial charge is 0.319 e. The quantitative estimate of drug-likeness (QED) is 0.209. The van der Waals surface area contributed by atoms with Crippen LogP contribution >= 0.6 is 0 Å². The van der Waals surface area contributed by atoms with Crippen LogP contribution in [0, 0.1) is 34.8 Å². The number of aromatic hydroxyl groups is 1. The van der Waals surface area contributed by atoms with E-state index in [2.05, 4.69) is 15.8 Å². The number of likely N-dealkylation sites (tertiary alicyclic amines) is 1. The van der Waals surface area contributed by atoms with Crippen molar-refractivity contribution < 1.29 is 33.2 Å². The van der Waals surface area contributed by atoms with Crippen LogP contribution < -0.4 is 14.4 Å². The number of terminal acetylenes is 1. The summed E-state index contributed by atoms with van der Waals surface area (Å²) in [6, 6.07) is 6.45. The highest BCUT2D eigenvalue weighted by Crippen LogP contribution is 2.55. The first-order chi connectivity index (χ1) is 25.7. The zero-order chi connectivity index (χ0) is 36.5. The number of phenols is 1. The summed E-state index contributed by atoms with van der Waals surface area (Å²) in [6.07, 6.45) is 15.5. The van der Waals surface area contributed by atoms with E-state index < -0.39 is 17.7 Å². The Kier molecular flexibility index (Phi) is 8.59. The van der Waals surface area contributed by atoms with Crippen LogP contribution in [0.3, 0.4) is 0 Å². The van der Waals surface area contributed by atoms with Crippen molar-refractivity contribution in [2.24, 2.45) is 10.8 Å². The number of aliphatic hydroxyl groups is 1. The van der Waals surface area contributed by atoms with Gasteiger partial charge >= 0.3 is 6.01 Å². The number of fused-ring (bicyclic) bond motifs is 3. The lowest BCUT2D eigenvalue weighted by Gasteiger charge is -2.56. The molecule has 0 amide bonds. The van der Waals surface area contributed by atoms with E-state index in [9.17, 15) is 10.2 Å². The van der Waals surface area contributed by atoms with Gasteiger partial charge in [0.05, 0.1) is 32.0 Å². The highest BCUT2D eigenvalue weighted by molar-refractivity contribution is 6.04. The molecule has 9 rings (SSSR count). The van der Waals surface area contributed by atoms with Gasteiger partial charge in [-0.1, -0.05) is 18.4 Å². The number of hydrogen-bond acceptors (Lipinski definition) is 10. The molecule has 278 valence electrons. The number of β-amino-alcohol motifs (C(OH)–C–C–N with tert-alkyl or cyclic N) is 1. The summed E-state index contributed by atoms with van der Waals surface area (Å²) in [5.74, 6) is 1.15. The molecule has 10 nitrogen and oxygen atoms in total. The first-order valence-electron chi connectivity index (χ1n) is 19.0. The Balaban J connectivity index is 1.13. The predicted octanol–water partition coefficient (Wildman–Crippen LogP) is 6.36. The second-order valence-corrected chi connectivity index (χ2v) is 16.0. The third kappa shape index (κ3) is 5.74. The van der Waals surface area contributed by atoms with Crippen molar-refractivity contribution in [3.63, 3.8) is 0 Å². The van der Waals surface area contributed by atoms with E-state index in [1.54, 1.807) is 0 Å². The number of methoxy groups -OCH3 is 1. The fraction of sp³-hybridized carbons (Fsp3) is 0.537. The summed E-state index contributed by atoms with van der Waals surface area (Å²) in [6.45, 7) is 4.12. The number of rotatable bonds is 7. The van der Waals surface area contributed by atoms with E-state index in [1.165, 1.54) is 44.2 Å². The van der Waals surface area contributed by atoms with Crippen molar-refractivity contribution in [3.05, 3.63) is 41.5 Å². The lowest BCUT2D eigenvalue weighted by atomic mass is 9.63. The van der Waals surface area contributed by atoms with E-state index in [0.717, 1.165) is 58.3 Å². The Morgan fingerprint density at radius 2 is 1.89 bits per heavy atom. The summed E-state index contributed by atoms with van der Waals surface area (Å²) in [4.78, 5) is 18.8. The molecule has 5 fully saturated rings. The van der Waals surface area contributed by atoms with E-state index in [4.69, 9.17) is 30.6 Å². The molecule has 2 saturated carbocycles. The fourth-order valence-corrected chi connectivity index (χ4v) is 10.4. The number of piperidine rings is 2. The van der Waals surface area contributed by atoms with E-state index in [0.29, 0.717) is 54.7 Å². The Hall–Kier alpha value is -4.31. The van der Waals surface area contributed by atoms with E-state index in [1.807, 2.05) is 4.90 Å². The fourth-order valence-electron chi connectivity index (χ4n) is 10.4. The van der Waals surface area contributed by atoms with Crippen LogP contribution in [0.15, 0.2) is 24.3 Å². The van der Waals surface area contributed by atoms with Gasteiger partial charge < -0.3 is 29.3 Å². The number of hydrogen-bond donors (Lipinski definition) is 2. The highest BCUT2D eigenvalue weighted by Gasteiger charge is 2.55. The van der Waals surface area contributed by atoms with Crippen LogP contribution in [0.25, 0.3) is 32.9 Å². The summed E-state index contributed by atoms with van der Waals surface area (Å²) >= 11 is 0. The maximum atomic E-state index is 17.2. The van der Waals surface area contributed by atoms with Crippen molar-refractivity contribution >= 4 is 27.5 Å². The van der Waals surface area contributed by atoms with E-state index in [-0.39, 0.29) is 62.7 Å². The molecule has 2 aliphatic carbocycles. The van der Waals surface area contributed by atoms with Gasteiger partial charge in [0, 0.05) is 48.1 Å². The van der Waals surface area contributed by atoms with Gasteiger partial charge in [-0.25, -0.2) is 13.8 Å². The number of phenolic OH excluding ortho intramolecular Hbond substituents is 1. The maximum Gasteiger partial charge on any atom is 0.319 e. The number of aromatic nitrogens is 3. The SMILES string of the molecule is C#Cc1c(F)ccc2cc(O)cc(-c3nc(OC)c4c(N5CCCC(O)C5)nc(OCC56CCCC5N(C5CC7(CCOC7)C5)CCC6)nc4c3F)c12. The molecule has 5 heterocycles. The molecule has 2 aromatic heterocycles. The summed E-state index contributed by atoms with van der Waals surface area (Å²) in [7, 11) is 1.42. The molecule has 0 bridgehead atoms. The van der Waals surface area contributed by atoms with Gasteiger partial charge in [0.25, 0.3) is 0 Å². The second-order valence-electron chi connectivity index (χ2n) is 16.0. The van der Waals surface area contributed by atoms with Gasteiger partial charge in [0.2, 0.25) is 5.88 Å². The zero-order valence-corrected chi connectivity index (χ0v) is 30.0. The van der Waals surface area contributed by atoms with Gasteiger partial charge in [-0.2, -0.15) is 9.97 Å². The number of pyridine rings is 1. The predicted molar refractivity (Wildman–Crippen MR) is 196 cm³/mol. The van der Waals surface area contributed by atoms with Crippen LogP contribution in [0.5, 0.6) is 17.6 Å². The monoisotopic (exact) mass is 725 g/mol. The minimum Gasteiger partial charge on any atom is -0.508 e. The normalized spacial score (nSPS) is 28.7. The molecule has 0 radical (unpaired) electrons. The van der Waals surface area contributed by atoms with Gasteiger partial charge in [-0.3, -0.25) is 4.90 Å². The average molecular weight is 726 g/mol. The largest absolute Gasteiger partial charge is 0.508 e. The Morgan fingerprint density at radius 1 is 1.04 bits per heavy atom. The summed E-state index contributed by atoms with van der Waals surface area (Å²) < 4.78 is 50.4. The van der Waals surface area contributed by atoms with Gasteiger partial charge in [-0.15, -0.1) is 6.42 Å². The summed E-state index contributed by atoms with van der Waals surface area (Å²) in [5, 5.41) is 22.3. The molecular formula is C41H45F2N5O5. The number of aliphatic hydroxyl groups excluding tert-OH is 1. The lowest BCUT2D eigenvalue weighted by Crippen LogP contribution is -2.60. The molecule has 3 unspecified atom stereocenters. The van der Waals surface area contributed by atoms with Crippen molar-refractivity contribution in [1.29, 1.82) is 0 Å². The Bertz CT molecular complexity index is 2130. The summed E-state index contributed by atoms with van der Waals surface area (Å²) in [5.41, 5.74) is 0.00707. The molecule has 2 aromatic carbocycles. The van der Waals surface area contributed by atoms with Gasteiger partial charge in [0.1, 0.15) is 34.0 Å². The van der Waals surface area contributed by atoms with Crippen LogP contribution in [-0.2, 0) is 4.74 Å². The molecule has 2 N–H and O–H groups in total. The zero-order valence-electron chi connectivity index (χ0n) is 30.0. The topological polar surface area (TPSA) is 113 Å². The molecule has 53 heavy (non-hydrogen) atoms. The molecule has 4 aromatic rings. The number of ether oxygens (including phenoxy) is 3. The van der Waals surface area contributed by atoms with Crippen LogP contribution in [0.2, 0.25) is 0 Å². The minimum absolute atomic E-state index is 0.0321. The second kappa shape index (κ2) is 13.2. The molecule has 3 atom stereocenters. The number of nitrogens with zero attached hydrogens (tertiary/aromatic N) is 5. The van der Waals surface area contributed by atoms with E-state index >= 15 is 8.78 Å². The Morgan fingerprint density at radius 3 is 2.66 bits per heavy atom. The lowest BCUT2D eigenvalue weighted by molar-refractivity contribution is -0.0813. The van der Waals surface area contributed by atoms with Crippen molar-refractivity contribution in [1.82, 2.24) is 19.9 Å². The molecule has 3 saturated heterocycles. The average Bonchev–Trinajstić information content (AvgIpc) is 3.82. The molecule has 12 heteroatoms. The highest BCUT2D eigenvalue weighted by atomic mass is 19.1. The standard InChI is InChI=1S/C41H45F2N5O5/c1-3-28-30(42)10-9-24-17-27(50)18-29(32(24)28)35-34(43)36-33(38(44-35)51-2)37(47-14-5-7-26(49)21-47)46-39(45-36)53-23-41-11-4-8-31(41)48(15-6-12-41)25-19-40(20-25)13-16-52-22-40/h1,9-10,17-18,25-26,31,49-50H,4-8,11-16,19-23H2,2H3.